The quantitative estimate of drug-likeness (QED) is 0.643. The van der Waals surface area contributed by atoms with Crippen LogP contribution in [0.3, 0.4) is 0 Å². The number of nitrogens with zero attached hydrogens (tertiary/aromatic N) is 1. The minimum Gasteiger partial charge on any atom is -0.465 e. The van der Waals surface area contributed by atoms with E-state index in [1.165, 1.54) is 12.7 Å². The summed E-state index contributed by atoms with van der Waals surface area (Å²) in [5.74, 6) is -0.649. The van der Waals surface area contributed by atoms with Gasteiger partial charge in [-0.15, -0.1) is 0 Å². The van der Waals surface area contributed by atoms with Crippen molar-refractivity contribution < 1.29 is 14.3 Å². The maximum absolute atomic E-state index is 12.4. The fraction of sp³-hybridized carbons (Fsp3) is 0.136. The third-order valence-electron chi connectivity index (χ3n) is 4.36. The van der Waals surface area contributed by atoms with Crippen molar-refractivity contribution >= 4 is 28.9 Å². The summed E-state index contributed by atoms with van der Waals surface area (Å²) >= 11 is 0. The summed E-state index contributed by atoms with van der Waals surface area (Å²) in [6.45, 7) is 4.03. The van der Waals surface area contributed by atoms with Gasteiger partial charge in [-0.1, -0.05) is 6.07 Å². The third kappa shape index (κ3) is 4.54. The molecule has 0 bridgehead atoms. The number of methoxy groups -OCH3 is 1. The van der Waals surface area contributed by atoms with Crippen molar-refractivity contribution in [3.05, 3.63) is 83.2 Å². The third-order valence-corrected chi connectivity index (χ3v) is 4.36. The first-order valence-corrected chi connectivity index (χ1v) is 8.76. The number of nitrogens with one attached hydrogen (secondary N) is 2. The fourth-order valence-corrected chi connectivity index (χ4v) is 2.59. The van der Waals surface area contributed by atoms with Gasteiger partial charge in [0.1, 0.15) is 5.69 Å². The van der Waals surface area contributed by atoms with Gasteiger partial charge < -0.3 is 15.4 Å². The number of benzene rings is 2. The second-order valence-corrected chi connectivity index (χ2v) is 6.38. The number of rotatable bonds is 5. The molecule has 142 valence electrons. The van der Waals surface area contributed by atoms with Gasteiger partial charge in [0.25, 0.3) is 5.91 Å². The molecule has 0 saturated heterocycles. The molecule has 1 aromatic heterocycles. The molecule has 2 aromatic carbocycles. The molecule has 0 spiro atoms. The number of hydrogen-bond donors (Lipinski definition) is 2. The molecule has 1 heterocycles. The van der Waals surface area contributed by atoms with Crippen molar-refractivity contribution in [2.75, 3.05) is 17.7 Å². The molecule has 0 saturated carbocycles. The van der Waals surface area contributed by atoms with Gasteiger partial charge in [-0.2, -0.15) is 0 Å². The first kappa shape index (κ1) is 19.1. The number of aromatic nitrogens is 1. The lowest BCUT2D eigenvalue weighted by atomic mass is 10.1. The predicted octanol–water partition coefficient (Wildman–Crippen LogP) is 4.48. The Hall–Kier alpha value is -3.67. The highest BCUT2D eigenvalue weighted by Gasteiger charge is 2.09. The Morgan fingerprint density at radius 2 is 1.54 bits per heavy atom. The van der Waals surface area contributed by atoms with Gasteiger partial charge in [-0.05, 0) is 73.5 Å². The van der Waals surface area contributed by atoms with E-state index >= 15 is 0 Å². The van der Waals surface area contributed by atoms with Gasteiger partial charge in [-0.3, -0.25) is 4.79 Å². The van der Waals surface area contributed by atoms with Crippen LogP contribution >= 0.6 is 0 Å². The SMILES string of the molecule is COC(=O)c1ccc(Nc2ccc(C(=O)Nc3ccc(C)c(C)c3)nc2)cc1. The molecule has 0 aliphatic heterocycles. The van der Waals surface area contributed by atoms with Crippen molar-refractivity contribution in [3.8, 4) is 0 Å². The van der Waals surface area contributed by atoms with Crippen LogP contribution in [0.5, 0.6) is 0 Å². The van der Waals surface area contributed by atoms with Crippen molar-refractivity contribution in [3.63, 3.8) is 0 Å². The largest absolute Gasteiger partial charge is 0.465 e. The van der Waals surface area contributed by atoms with Crippen LogP contribution in [0.4, 0.5) is 17.1 Å². The van der Waals surface area contributed by atoms with Crippen LogP contribution in [0.25, 0.3) is 0 Å². The molecule has 1 amide bonds. The van der Waals surface area contributed by atoms with Crippen LogP contribution in [0.1, 0.15) is 32.0 Å². The molecule has 0 atom stereocenters. The lowest BCUT2D eigenvalue weighted by Crippen LogP contribution is -2.13. The molecule has 3 rings (SSSR count). The lowest BCUT2D eigenvalue weighted by molar-refractivity contribution is 0.0600. The molecule has 0 aliphatic carbocycles. The minimum absolute atomic E-state index is 0.266. The van der Waals surface area contributed by atoms with Gasteiger partial charge in [-0.25, -0.2) is 9.78 Å². The number of carbonyl (C=O) groups excluding carboxylic acids is 2. The van der Waals surface area contributed by atoms with Crippen LogP contribution < -0.4 is 10.6 Å². The molecular formula is C22H21N3O3. The summed E-state index contributed by atoms with van der Waals surface area (Å²) in [5.41, 5.74) is 5.35. The highest BCUT2D eigenvalue weighted by molar-refractivity contribution is 6.03. The molecule has 0 unspecified atom stereocenters. The van der Waals surface area contributed by atoms with Gasteiger partial charge >= 0.3 is 5.97 Å². The number of carbonyl (C=O) groups is 2. The van der Waals surface area contributed by atoms with Crippen LogP contribution in [0.15, 0.2) is 60.8 Å². The zero-order valence-electron chi connectivity index (χ0n) is 15.9. The standard InChI is InChI=1S/C22H21N3O3/c1-14-4-7-18(12-15(14)2)25-21(26)20-11-10-19(13-23-20)24-17-8-5-16(6-9-17)22(27)28-3/h4-13,24H,1-3H3,(H,25,26). The predicted molar refractivity (Wildman–Crippen MR) is 109 cm³/mol. The summed E-state index contributed by atoms with van der Waals surface area (Å²) in [6.07, 6.45) is 1.59. The zero-order valence-corrected chi connectivity index (χ0v) is 15.9. The Morgan fingerprint density at radius 3 is 2.14 bits per heavy atom. The van der Waals surface area contributed by atoms with Crippen LogP contribution in [-0.2, 0) is 4.74 Å². The van der Waals surface area contributed by atoms with E-state index in [9.17, 15) is 9.59 Å². The molecule has 2 N–H and O–H groups in total. The van der Waals surface area contributed by atoms with Gasteiger partial charge in [0.2, 0.25) is 0 Å². The van der Waals surface area contributed by atoms with Gasteiger partial charge in [0.05, 0.1) is 24.6 Å². The average molecular weight is 375 g/mol. The molecule has 6 heteroatoms. The summed E-state index contributed by atoms with van der Waals surface area (Å²) < 4.78 is 4.68. The Labute approximate surface area is 163 Å². The van der Waals surface area contributed by atoms with E-state index < -0.39 is 0 Å². The van der Waals surface area contributed by atoms with Crippen molar-refractivity contribution in [1.82, 2.24) is 4.98 Å². The fourth-order valence-electron chi connectivity index (χ4n) is 2.59. The number of hydrogen-bond acceptors (Lipinski definition) is 5. The molecule has 0 radical (unpaired) electrons. The topological polar surface area (TPSA) is 80.3 Å². The molecule has 3 aromatic rings. The van der Waals surface area contributed by atoms with Crippen LogP contribution in [0.2, 0.25) is 0 Å². The smallest absolute Gasteiger partial charge is 0.337 e. The van der Waals surface area contributed by atoms with E-state index in [4.69, 9.17) is 0 Å². The zero-order chi connectivity index (χ0) is 20.1. The van der Waals surface area contributed by atoms with Crippen molar-refractivity contribution in [2.24, 2.45) is 0 Å². The normalized spacial score (nSPS) is 10.2. The van der Waals surface area contributed by atoms with E-state index in [0.717, 1.165) is 22.6 Å². The van der Waals surface area contributed by atoms with E-state index in [0.29, 0.717) is 11.3 Å². The van der Waals surface area contributed by atoms with Gasteiger partial charge in [0, 0.05) is 11.4 Å². The maximum atomic E-state index is 12.4. The summed E-state index contributed by atoms with van der Waals surface area (Å²) in [7, 11) is 1.35. The highest BCUT2D eigenvalue weighted by atomic mass is 16.5. The Balaban J connectivity index is 1.64. The monoisotopic (exact) mass is 375 g/mol. The number of esters is 1. The number of amides is 1. The van der Waals surface area contributed by atoms with Crippen molar-refractivity contribution in [1.29, 1.82) is 0 Å². The number of pyridine rings is 1. The summed E-state index contributed by atoms with van der Waals surface area (Å²) in [4.78, 5) is 28.1. The Kier molecular flexibility index (Phi) is 5.69. The first-order valence-electron chi connectivity index (χ1n) is 8.76. The van der Waals surface area contributed by atoms with Crippen LogP contribution in [0, 0.1) is 13.8 Å². The van der Waals surface area contributed by atoms with E-state index in [-0.39, 0.29) is 11.9 Å². The highest BCUT2D eigenvalue weighted by Crippen LogP contribution is 2.18. The summed E-state index contributed by atoms with van der Waals surface area (Å²) in [5, 5.41) is 6.02. The molecule has 6 nitrogen and oxygen atoms in total. The number of aryl methyl sites for hydroxylation is 2. The second-order valence-electron chi connectivity index (χ2n) is 6.38. The minimum atomic E-state index is -0.382. The van der Waals surface area contributed by atoms with E-state index in [1.807, 2.05) is 32.0 Å². The first-order chi connectivity index (χ1) is 13.5. The second kappa shape index (κ2) is 8.35. The Morgan fingerprint density at radius 1 is 0.857 bits per heavy atom. The van der Waals surface area contributed by atoms with Gasteiger partial charge in [0.15, 0.2) is 0 Å². The maximum Gasteiger partial charge on any atom is 0.337 e. The lowest BCUT2D eigenvalue weighted by Gasteiger charge is -2.09. The number of anilines is 3. The molecule has 0 aliphatic rings. The van der Waals surface area contributed by atoms with Crippen LogP contribution in [-0.4, -0.2) is 24.0 Å². The Bertz CT molecular complexity index is 997. The molecule has 0 fully saturated rings. The van der Waals surface area contributed by atoms with Crippen molar-refractivity contribution in [2.45, 2.75) is 13.8 Å². The molecular weight excluding hydrogens is 354 g/mol. The van der Waals surface area contributed by atoms with E-state index in [2.05, 4.69) is 20.4 Å². The average Bonchev–Trinajstić information content (AvgIpc) is 2.71. The summed E-state index contributed by atoms with van der Waals surface area (Å²) in [6, 6.07) is 16.1. The van der Waals surface area contributed by atoms with E-state index in [1.54, 1.807) is 42.6 Å². The molecule has 28 heavy (non-hydrogen) atoms. The number of ether oxygens (including phenoxy) is 1.